The molecular weight excluding hydrogens is 458 g/mol. The van der Waals surface area contributed by atoms with Gasteiger partial charge in [-0.2, -0.15) is 0 Å². The molecule has 3 heterocycles. The first-order valence-corrected chi connectivity index (χ1v) is 13.0. The van der Waals surface area contributed by atoms with Crippen LogP contribution in [0.5, 0.6) is 0 Å². The molecule has 3 aliphatic rings. The average Bonchev–Trinajstić information content (AvgIpc) is 3.37. The zero-order chi connectivity index (χ0) is 25.3. The Bertz CT molecular complexity index is 1130. The molecule has 9 nitrogen and oxygen atoms in total. The number of hydrogen-bond acceptors (Lipinski definition) is 6. The lowest BCUT2D eigenvalue weighted by Crippen LogP contribution is -2.64. The predicted molar refractivity (Wildman–Crippen MR) is 137 cm³/mol. The Labute approximate surface area is 212 Å². The Morgan fingerprint density at radius 3 is 2.61 bits per heavy atom. The molecule has 2 aromatic rings. The van der Waals surface area contributed by atoms with E-state index < -0.39 is 11.0 Å². The summed E-state index contributed by atoms with van der Waals surface area (Å²) < 4.78 is 7.26. The highest BCUT2D eigenvalue weighted by molar-refractivity contribution is 5.75. The molecule has 1 saturated carbocycles. The molecule has 1 aromatic heterocycles. The molecule has 1 spiro atoms. The first-order valence-electron chi connectivity index (χ1n) is 13.0. The second kappa shape index (κ2) is 9.86. The molecule has 194 valence electrons. The number of anilines is 1. The summed E-state index contributed by atoms with van der Waals surface area (Å²) in [6, 6.07) is 11.4. The van der Waals surface area contributed by atoms with E-state index in [9.17, 15) is 14.7 Å². The fourth-order valence-corrected chi connectivity index (χ4v) is 6.29. The van der Waals surface area contributed by atoms with Gasteiger partial charge in [0.05, 0.1) is 37.7 Å². The van der Waals surface area contributed by atoms with Gasteiger partial charge in [0.25, 0.3) is 5.56 Å². The molecule has 2 atom stereocenters. The number of likely N-dealkylation sites (tertiary alicyclic amines) is 1. The smallest absolute Gasteiger partial charge is 0.320 e. The predicted octanol–water partition coefficient (Wildman–Crippen LogP) is 2.50. The fraction of sp³-hybridized carbons (Fsp3) is 0.593. The van der Waals surface area contributed by atoms with Gasteiger partial charge in [-0.3, -0.25) is 9.36 Å². The first kappa shape index (κ1) is 24.8. The monoisotopic (exact) mass is 495 g/mol. The van der Waals surface area contributed by atoms with Crippen molar-refractivity contribution in [3.8, 4) is 0 Å². The standard InChI is InChI=1S/C27H37N5O4/c1-29(2)23-16-24(33)31(20-28-23)19-27(35)12-13-30(18-26(27)10-6-7-11-26)25(34)32-14-15-36-17-22(32)21-8-4-3-5-9-21/h3-5,8-9,16,20,22,35H,6-7,10-15,17-19H2,1-2H3. The number of aromatic nitrogens is 2. The number of rotatable bonds is 4. The van der Waals surface area contributed by atoms with Crippen molar-refractivity contribution in [3.05, 3.63) is 58.6 Å². The van der Waals surface area contributed by atoms with E-state index in [1.54, 1.807) is 4.90 Å². The summed E-state index contributed by atoms with van der Waals surface area (Å²) in [4.78, 5) is 36.7. The van der Waals surface area contributed by atoms with E-state index in [0.29, 0.717) is 45.1 Å². The molecule has 2 saturated heterocycles. The second-order valence-electron chi connectivity index (χ2n) is 10.8. The van der Waals surface area contributed by atoms with Gasteiger partial charge in [-0.1, -0.05) is 43.2 Å². The van der Waals surface area contributed by atoms with Crippen molar-refractivity contribution < 1.29 is 14.6 Å². The molecule has 0 bridgehead atoms. The van der Waals surface area contributed by atoms with Crippen LogP contribution >= 0.6 is 0 Å². The number of benzene rings is 1. The number of urea groups is 1. The minimum Gasteiger partial charge on any atom is -0.387 e. The van der Waals surface area contributed by atoms with Crippen LogP contribution in [0.3, 0.4) is 0 Å². The van der Waals surface area contributed by atoms with Crippen molar-refractivity contribution in [2.75, 3.05) is 51.8 Å². The molecule has 1 aliphatic carbocycles. The Balaban J connectivity index is 1.37. The number of carbonyl (C=O) groups excluding carboxylic acids is 1. The Morgan fingerprint density at radius 1 is 1.17 bits per heavy atom. The van der Waals surface area contributed by atoms with E-state index in [2.05, 4.69) is 4.98 Å². The highest BCUT2D eigenvalue weighted by Gasteiger charge is 2.56. The Hall–Kier alpha value is -2.91. The molecule has 2 aliphatic heterocycles. The van der Waals surface area contributed by atoms with E-state index in [-0.39, 0.29) is 24.2 Å². The van der Waals surface area contributed by atoms with Crippen LogP contribution < -0.4 is 10.5 Å². The van der Waals surface area contributed by atoms with Gasteiger partial charge in [-0.15, -0.1) is 0 Å². The molecule has 2 amide bonds. The third-order valence-electron chi connectivity index (χ3n) is 8.42. The van der Waals surface area contributed by atoms with Gasteiger partial charge in [-0.25, -0.2) is 9.78 Å². The number of piperidine rings is 1. The van der Waals surface area contributed by atoms with Crippen LogP contribution in [0.2, 0.25) is 0 Å². The van der Waals surface area contributed by atoms with Gasteiger partial charge in [0.1, 0.15) is 5.82 Å². The number of aliphatic hydroxyl groups is 1. The van der Waals surface area contributed by atoms with Gasteiger partial charge in [0, 0.05) is 45.2 Å². The summed E-state index contributed by atoms with van der Waals surface area (Å²) in [5, 5.41) is 12.0. The van der Waals surface area contributed by atoms with Crippen LogP contribution in [0, 0.1) is 5.41 Å². The lowest BCUT2D eigenvalue weighted by Gasteiger charge is -2.53. The topological polar surface area (TPSA) is 91.1 Å². The summed E-state index contributed by atoms with van der Waals surface area (Å²) in [6.07, 6.45) is 5.68. The quantitative estimate of drug-likeness (QED) is 0.701. The minimum absolute atomic E-state index is 0.00893. The van der Waals surface area contributed by atoms with E-state index in [1.165, 1.54) is 17.0 Å². The van der Waals surface area contributed by atoms with Crippen LogP contribution in [0.4, 0.5) is 10.6 Å². The van der Waals surface area contributed by atoms with Crippen molar-refractivity contribution in [1.29, 1.82) is 0 Å². The highest BCUT2D eigenvalue weighted by Crippen LogP contribution is 2.51. The van der Waals surface area contributed by atoms with Crippen molar-refractivity contribution in [3.63, 3.8) is 0 Å². The van der Waals surface area contributed by atoms with Crippen molar-refractivity contribution in [2.45, 2.75) is 50.3 Å². The molecule has 3 fully saturated rings. The lowest BCUT2D eigenvalue weighted by molar-refractivity contribution is -0.137. The molecule has 9 heteroatoms. The van der Waals surface area contributed by atoms with Crippen LogP contribution in [-0.4, -0.2) is 83.0 Å². The summed E-state index contributed by atoms with van der Waals surface area (Å²) in [6.45, 7) is 2.70. The molecule has 1 aromatic carbocycles. The molecule has 1 N–H and O–H groups in total. The Kier molecular flexibility index (Phi) is 6.78. The van der Waals surface area contributed by atoms with Crippen LogP contribution in [0.15, 0.2) is 47.5 Å². The number of carbonyl (C=O) groups is 1. The molecule has 5 rings (SSSR count). The number of ether oxygens (including phenoxy) is 1. The second-order valence-corrected chi connectivity index (χ2v) is 10.8. The van der Waals surface area contributed by atoms with Crippen molar-refractivity contribution in [2.24, 2.45) is 5.41 Å². The van der Waals surface area contributed by atoms with Crippen LogP contribution in [0.25, 0.3) is 0 Å². The molecule has 0 radical (unpaired) electrons. The number of hydrogen-bond donors (Lipinski definition) is 1. The maximum atomic E-state index is 13.8. The highest BCUT2D eigenvalue weighted by atomic mass is 16.5. The maximum absolute atomic E-state index is 13.8. The van der Waals surface area contributed by atoms with Crippen molar-refractivity contribution in [1.82, 2.24) is 19.4 Å². The largest absolute Gasteiger partial charge is 0.387 e. The fourth-order valence-electron chi connectivity index (χ4n) is 6.29. The number of nitrogens with zero attached hydrogens (tertiary/aromatic N) is 5. The van der Waals surface area contributed by atoms with E-state index in [0.717, 1.165) is 31.2 Å². The van der Waals surface area contributed by atoms with Gasteiger partial charge in [-0.05, 0) is 24.8 Å². The van der Waals surface area contributed by atoms with Crippen LogP contribution in [-0.2, 0) is 11.3 Å². The average molecular weight is 496 g/mol. The van der Waals surface area contributed by atoms with E-state index in [1.807, 2.05) is 54.2 Å². The zero-order valence-electron chi connectivity index (χ0n) is 21.3. The molecule has 2 unspecified atom stereocenters. The zero-order valence-corrected chi connectivity index (χ0v) is 21.3. The minimum atomic E-state index is -1.07. The van der Waals surface area contributed by atoms with E-state index in [4.69, 9.17) is 4.74 Å². The van der Waals surface area contributed by atoms with Crippen LogP contribution in [0.1, 0.15) is 43.7 Å². The lowest BCUT2D eigenvalue weighted by atomic mass is 9.66. The van der Waals surface area contributed by atoms with E-state index >= 15 is 0 Å². The maximum Gasteiger partial charge on any atom is 0.320 e. The normalized spacial score (nSPS) is 25.8. The van der Waals surface area contributed by atoms with Gasteiger partial charge in [0.15, 0.2) is 0 Å². The SMILES string of the molecule is CN(C)c1cc(=O)n(CC2(O)CCN(C(=O)N3CCOCC3c3ccccc3)CC23CCCC3)cn1. The molecular formula is C27H37N5O4. The number of morpholine rings is 1. The van der Waals surface area contributed by atoms with Crippen molar-refractivity contribution >= 4 is 11.8 Å². The van der Waals surface area contributed by atoms with Gasteiger partial charge < -0.3 is 24.5 Å². The number of amides is 2. The van der Waals surface area contributed by atoms with Gasteiger partial charge in [0.2, 0.25) is 0 Å². The Morgan fingerprint density at radius 2 is 1.92 bits per heavy atom. The third kappa shape index (κ3) is 4.50. The van der Waals surface area contributed by atoms with Gasteiger partial charge >= 0.3 is 6.03 Å². The summed E-state index contributed by atoms with van der Waals surface area (Å²) in [5.74, 6) is 0.595. The first-order chi connectivity index (χ1) is 17.3. The molecule has 36 heavy (non-hydrogen) atoms. The summed E-state index contributed by atoms with van der Waals surface area (Å²) in [7, 11) is 3.69. The third-order valence-corrected chi connectivity index (χ3v) is 8.42. The summed E-state index contributed by atoms with van der Waals surface area (Å²) >= 11 is 0. The summed E-state index contributed by atoms with van der Waals surface area (Å²) in [5.41, 5.74) is -0.611.